The molecule has 1 aliphatic rings. The van der Waals surface area contributed by atoms with Crippen LogP contribution in [0.3, 0.4) is 0 Å². The second-order valence-electron chi connectivity index (χ2n) is 5.91. The normalized spacial score (nSPS) is 28.7. The number of methoxy groups -OCH3 is 1. The van der Waals surface area contributed by atoms with Gasteiger partial charge in [0.15, 0.2) is 0 Å². The molecule has 2 N–H and O–H groups in total. The number of piperidine rings is 1. The molecule has 4 nitrogen and oxygen atoms in total. The van der Waals surface area contributed by atoms with E-state index in [1.165, 1.54) is 26.5 Å². The molecular formula is C14H28N2O2. The van der Waals surface area contributed by atoms with Crippen molar-refractivity contribution in [2.75, 3.05) is 20.2 Å². The molecule has 0 amide bonds. The van der Waals surface area contributed by atoms with Gasteiger partial charge in [0, 0.05) is 6.04 Å². The zero-order chi connectivity index (χ0) is 13.8. The van der Waals surface area contributed by atoms with Crippen molar-refractivity contribution in [3.05, 3.63) is 0 Å². The highest BCUT2D eigenvalue weighted by molar-refractivity contribution is 5.79. The number of rotatable bonds is 5. The van der Waals surface area contributed by atoms with Crippen molar-refractivity contribution in [1.29, 1.82) is 0 Å². The number of hydrogen-bond acceptors (Lipinski definition) is 4. The summed E-state index contributed by atoms with van der Waals surface area (Å²) < 4.78 is 4.72. The van der Waals surface area contributed by atoms with Gasteiger partial charge < -0.3 is 15.4 Å². The van der Waals surface area contributed by atoms with Crippen molar-refractivity contribution in [1.82, 2.24) is 4.90 Å². The van der Waals surface area contributed by atoms with Crippen molar-refractivity contribution in [2.45, 2.75) is 58.0 Å². The van der Waals surface area contributed by atoms with Crippen LogP contribution in [0.4, 0.5) is 0 Å². The third kappa shape index (κ3) is 3.95. The Balaban J connectivity index is 2.35. The van der Waals surface area contributed by atoms with E-state index >= 15 is 0 Å². The number of nitrogens with two attached hydrogens (primary N) is 1. The van der Waals surface area contributed by atoms with E-state index in [1.54, 1.807) is 6.92 Å². The predicted octanol–water partition coefficient (Wildman–Crippen LogP) is 1.78. The van der Waals surface area contributed by atoms with Crippen LogP contribution in [0, 0.1) is 5.92 Å². The summed E-state index contributed by atoms with van der Waals surface area (Å²) in [5.41, 5.74) is 5.11. The third-order valence-corrected chi connectivity index (χ3v) is 4.30. The number of nitrogens with zero attached hydrogens (tertiary/aromatic N) is 1. The Morgan fingerprint density at radius 1 is 1.50 bits per heavy atom. The summed E-state index contributed by atoms with van der Waals surface area (Å²) >= 11 is 0. The second-order valence-corrected chi connectivity index (χ2v) is 5.91. The highest BCUT2D eigenvalue weighted by Crippen LogP contribution is 2.23. The van der Waals surface area contributed by atoms with Gasteiger partial charge in [-0.1, -0.05) is 6.92 Å². The molecule has 1 heterocycles. The first-order chi connectivity index (χ1) is 8.38. The van der Waals surface area contributed by atoms with E-state index in [0.717, 1.165) is 18.9 Å². The lowest BCUT2D eigenvalue weighted by atomic mass is 9.91. The average Bonchev–Trinajstić information content (AvgIpc) is 2.33. The molecule has 0 aromatic carbocycles. The highest BCUT2D eigenvalue weighted by Gasteiger charge is 2.30. The molecule has 0 aromatic heterocycles. The zero-order valence-corrected chi connectivity index (χ0v) is 12.2. The van der Waals surface area contributed by atoms with Crippen LogP contribution in [0.15, 0.2) is 0 Å². The minimum absolute atomic E-state index is 0.317. The molecule has 3 atom stereocenters. The van der Waals surface area contributed by atoms with Crippen molar-refractivity contribution < 1.29 is 9.53 Å². The molecule has 1 rings (SSSR count). The molecule has 0 spiro atoms. The largest absolute Gasteiger partial charge is 0.468 e. The lowest BCUT2D eigenvalue weighted by molar-refractivity contribution is -0.146. The fourth-order valence-electron chi connectivity index (χ4n) is 2.72. The van der Waals surface area contributed by atoms with Gasteiger partial charge in [-0.05, 0) is 58.5 Å². The van der Waals surface area contributed by atoms with Gasteiger partial charge in [0.1, 0.15) is 5.54 Å². The molecule has 0 bridgehead atoms. The molecule has 3 unspecified atom stereocenters. The van der Waals surface area contributed by atoms with E-state index in [9.17, 15) is 4.79 Å². The van der Waals surface area contributed by atoms with Crippen LogP contribution in [0.5, 0.6) is 0 Å². The zero-order valence-electron chi connectivity index (χ0n) is 12.2. The molecule has 4 heteroatoms. The van der Waals surface area contributed by atoms with E-state index < -0.39 is 5.54 Å². The van der Waals surface area contributed by atoms with Crippen molar-refractivity contribution in [3.63, 3.8) is 0 Å². The van der Waals surface area contributed by atoms with E-state index in [4.69, 9.17) is 10.5 Å². The molecular weight excluding hydrogens is 228 g/mol. The van der Waals surface area contributed by atoms with Gasteiger partial charge in [-0.25, -0.2) is 0 Å². The number of carbonyl (C=O) groups is 1. The van der Waals surface area contributed by atoms with Crippen molar-refractivity contribution in [3.8, 4) is 0 Å². The Morgan fingerprint density at radius 2 is 2.17 bits per heavy atom. The van der Waals surface area contributed by atoms with Crippen LogP contribution in [-0.2, 0) is 9.53 Å². The molecule has 1 aliphatic heterocycles. The Morgan fingerprint density at radius 3 is 2.78 bits per heavy atom. The summed E-state index contributed by atoms with van der Waals surface area (Å²) in [6.45, 7) is 8.56. The summed E-state index contributed by atoms with van der Waals surface area (Å²) in [6, 6.07) is 0.640. The maximum atomic E-state index is 11.5. The quantitative estimate of drug-likeness (QED) is 0.762. The van der Waals surface area contributed by atoms with Crippen LogP contribution < -0.4 is 5.73 Å². The first-order valence-electron chi connectivity index (χ1n) is 7.00. The van der Waals surface area contributed by atoms with Gasteiger partial charge in [0.25, 0.3) is 0 Å². The highest BCUT2D eigenvalue weighted by atomic mass is 16.5. The van der Waals surface area contributed by atoms with E-state index in [0.29, 0.717) is 12.5 Å². The third-order valence-electron chi connectivity index (χ3n) is 4.30. The molecule has 0 aromatic rings. The molecule has 0 aliphatic carbocycles. The van der Waals surface area contributed by atoms with E-state index in [2.05, 4.69) is 18.7 Å². The standard InChI is InChI=1S/C14H28N2O2/c1-11-7-5-9-16(12(11)2)10-6-8-14(3,15)13(17)18-4/h11-12H,5-10,15H2,1-4H3. The molecule has 0 radical (unpaired) electrons. The lowest BCUT2D eigenvalue weighted by Gasteiger charge is -2.38. The minimum Gasteiger partial charge on any atom is -0.468 e. The number of carbonyl (C=O) groups excluding carboxylic acids is 1. The van der Waals surface area contributed by atoms with Gasteiger partial charge in [-0.3, -0.25) is 4.79 Å². The van der Waals surface area contributed by atoms with Crippen LogP contribution in [-0.4, -0.2) is 42.6 Å². The number of esters is 1. The van der Waals surface area contributed by atoms with Gasteiger partial charge in [0.05, 0.1) is 7.11 Å². The second kappa shape index (κ2) is 6.53. The SMILES string of the molecule is COC(=O)C(C)(N)CCCN1CCCC(C)C1C. The summed E-state index contributed by atoms with van der Waals surface area (Å²) in [4.78, 5) is 14.0. The first-order valence-corrected chi connectivity index (χ1v) is 7.00. The number of likely N-dealkylation sites (tertiary alicyclic amines) is 1. The summed E-state index contributed by atoms with van der Waals surface area (Å²) in [7, 11) is 1.39. The fourth-order valence-corrected chi connectivity index (χ4v) is 2.72. The molecule has 1 fully saturated rings. The summed E-state index contributed by atoms with van der Waals surface area (Å²) in [6.07, 6.45) is 4.23. The van der Waals surface area contributed by atoms with Crippen LogP contribution in [0.1, 0.15) is 46.5 Å². The lowest BCUT2D eigenvalue weighted by Crippen LogP contribution is -2.47. The van der Waals surface area contributed by atoms with Crippen molar-refractivity contribution >= 4 is 5.97 Å². The average molecular weight is 256 g/mol. The topological polar surface area (TPSA) is 55.6 Å². The maximum Gasteiger partial charge on any atom is 0.325 e. The van der Waals surface area contributed by atoms with E-state index in [-0.39, 0.29) is 5.97 Å². The van der Waals surface area contributed by atoms with Crippen LogP contribution in [0.2, 0.25) is 0 Å². The maximum absolute atomic E-state index is 11.5. The Labute approximate surface area is 111 Å². The monoisotopic (exact) mass is 256 g/mol. The van der Waals surface area contributed by atoms with Gasteiger partial charge >= 0.3 is 5.97 Å². The summed E-state index contributed by atoms with van der Waals surface area (Å²) in [5.74, 6) is 0.450. The Kier molecular flexibility index (Phi) is 5.60. The Bertz CT molecular complexity index is 279. The molecule has 106 valence electrons. The Hall–Kier alpha value is -0.610. The molecule has 0 saturated carbocycles. The fraction of sp³-hybridized carbons (Fsp3) is 0.929. The minimum atomic E-state index is -0.848. The van der Waals surface area contributed by atoms with Gasteiger partial charge in [-0.2, -0.15) is 0 Å². The predicted molar refractivity (Wildman–Crippen MR) is 73.3 cm³/mol. The van der Waals surface area contributed by atoms with Gasteiger partial charge in [-0.15, -0.1) is 0 Å². The summed E-state index contributed by atoms with van der Waals surface area (Å²) in [5, 5.41) is 0. The smallest absolute Gasteiger partial charge is 0.325 e. The van der Waals surface area contributed by atoms with Crippen LogP contribution in [0.25, 0.3) is 0 Å². The molecule has 18 heavy (non-hydrogen) atoms. The molecule has 1 saturated heterocycles. The first kappa shape index (κ1) is 15.4. The van der Waals surface area contributed by atoms with Crippen LogP contribution >= 0.6 is 0 Å². The van der Waals surface area contributed by atoms with Gasteiger partial charge in [0.2, 0.25) is 0 Å². The van der Waals surface area contributed by atoms with E-state index in [1.807, 2.05) is 0 Å². The number of ether oxygens (including phenoxy) is 1. The van der Waals surface area contributed by atoms with Crippen molar-refractivity contribution in [2.24, 2.45) is 11.7 Å². The number of hydrogen-bond donors (Lipinski definition) is 1.